The minimum absolute atomic E-state index is 0.0579. The highest BCUT2D eigenvalue weighted by Crippen LogP contribution is 2.12. The first-order valence-electron chi connectivity index (χ1n) is 6.31. The lowest BCUT2D eigenvalue weighted by atomic mass is 10.2. The molecule has 2 rings (SSSR count). The third-order valence-electron chi connectivity index (χ3n) is 2.71. The van der Waals surface area contributed by atoms with Crippen molar-refractivity contribution in [1.82, 2.24) is 4.98 Å². The Balaban J connectivity index is 1.85. The second-order valence-corrected chi connectivity index (χ2v) is 4.40. The molecule has 0 aliphatic rings. The SMILES string of the molecule is Cc1ccnc(NC(=O)COc2ccc(CN)cc2)c1. The summed E-state index contributed by atoms with van der Waals surface area (Å²) in [6.07, 6.45) is 1.65. The van der Waals surface area contributed by atoms with Crippen molar-refractivity contribution in [2.75, 3.05) is 11.9 Å². The van der Waals surface area contributed by atoms with E-state index in [9.17, 15) is 4.79 Å². The Morgan fingerprint density at radius 3 is 2.70 bits per heavy atom. The molecule has 104 valence electrons. The van der Waals surface area contributed by atoms with Gasteiger partial charge >= 0.3 is 0 Å². The molecule has 1 heterocycles. The van der Waals surface area contributed by atoms with Gasteiger partial charge in [0, 0.05) is 12.7 Å². The van der Waals surface area contributed by atoms with E-state index >= 15 is 0 Å². The summed E-state index contributed by atoms with van der Waals surface area (Å²) in [6, 6.07) is 11.0. The standard InChI is InChI=1S/C15H17N3O2/c1-11-6-7-17-14(8-11)18-15(19)10-20-13-4-2-12(9-16)3-5-13/h2-8H,9-10,16H2,1H3,(H,17,18,19). The molecule has 0 fully saturated rings. The zero-order valence-electron chi connectivity index (χ0n) is 11.3. The lowest BCUT2D eigenvalue weighted by Crippen LogP contribution is -2.20. The van der Waals surface area contributed by atoms with E-state index in [0.717, 1.165) is 11.1 Å². The van der Waals surface area contributed by atoms with Gasteiger partial charge in [-0.1, -0.05) is 12.1 Å². The van der Waals surface area contributed by atoms with Gasteiger partial charge in [0.2, 0.25) is 0 Å². The number of aryl methyl sites for hydroxylation is 1. The van der Waals surface area contributed by atoms with Crippen LogP contribution in [0.5, 0.6) is 5.75 Å². The Kier molecular flexibility index (Phi) is 4.68. The molecule has 0 bridgehead atoms. The Morgan fingerprint density at radius 2 is 2.05 bits per heavy atom. The van der Waals surface area contributed by atoms with Crippen LogP contribution in [0.25, 0.3) is 0 Å². The van der Waals surface area contributed by atoms with E-state index in [0.29, 0.717) is 18.1 Å². The quantitative estimate of drug-likeness (QED) is 0.870. The van der Waals surface area contributed by atoms with Gasteiger partial charge in [-0.2, -0.15) is 0 Å². The third kappa shape index (κ3) is 4.07. The Morgan fingerprint density at radius 1 is 1.30 bits per heavy atom. The highest BCUT2D eigenvalue weighted by atomic mass is 16.5. The summed E-state index contributed by atoms with van der Waals surface area (Å²) in [5, 5.41) is 2.68. The van der Waals surface area contributed by atoms with Gasteiger partial charge < -0.3 is 15.8 Å². The van der Waals surface area contributed by atoms with Crippen LogP contribution in [-0.4, -0.2) is 17.5 Å². The van der Waals surface area contributed by atoms with Gasteiger partial charge in [-0.3, -0.25) is 4.79 Å². The summed E-state index contributed by atoms with van der Waals surface area (Å²) in [5.41, 5.74) is 7.56. The van der Waals surface area contributed by atoms with Crippen molar-refractivity contribution in [2.45, 2.75) is 13.5 Å². The predicted octanol–water partition coefficient (Wildman–Crippen LogP) is 1.87. The molecule has 0 atom stereocenters. The van der Waals surface area contributed by atoms with Crippen LogP contribution in [0.15, 0.2) is 42.6 Å². The van der Waals surface area contributed by atoms with Crippen LogP contribution in [-0.2, 0) is 11.3 Å². The number of carbonyl (C=O) groups is 1. The van der Waals surface area contributed by atoms with E-state index in [-0.39, 0.29) is 12.5 Å². The molecule has 0 aliphatic carbocycles. The number of anilines is 1. The summed E-state index contributed by atoms with van der Waals surface area (Å²) in [4.78, 5) is 15.8. The molecule has 0 radical (unpaired) electrons. The minimum Gasteiger partial charge on any atom is -0.484 e. The van der Waals surface area contributed by atoms with Gasteiger partial charge in [0.25, 0.3) is 5.91 Å². The second kappa shape index (κ2) is 6.68. The summed E-state index contributed by atoms with van der Waals surface area (Å²) >= 11 is 0. The molecule has 1 aromatic carbocycles. The van der Waals surface area contributed by atoms with E-state index in [1.807, 2.05) is 25.1 Å². The largest absolute Gasteiger partial charge is 0.484 e. The van der Waals surface area contributed by atoms with Crippen molar-refractivity contribution >= 4 is 11.7 Å². The van der Waals surface area contributed by atoms with Gasteiger partial charge in [0.1, 0.15) is 11.6 Å². The Bertz CT molecular complexity index is 582. The maximum absolute atomic E-state index is 11.7. The molecule has 1 aromatic heterocycles. The van der Waals surface area contributed by atoms with Crippen molar-refractivity contribution < 1.29 is 9.53 Å². The molecule has 0 saturated heterocycles. The van der Waals surface area contributed by atoms with Crippen LogP contribution >= 0.6 is 0 Å². The maximum atomic E-state index is 11.7. The fraction of sp³-hybridized carbons (Fsp3) is 0.200. The number of hydrogen-bond acceptors (Lipinski definition) is 4. The molecular formula is C15H17N3O2. The van der Waals surface area contributed by atoms with Gasteiger partial charge in [-0.25, -0.2) is 4.98 Å². The minimum atomic E-state index is -0.244. The normalized spacial score (nSPS) is 10.1. The van der Waals surface area contributed by atoms with Crippen LogP contribution < -0.4 is 15.8 Å². The molecule has 5 heteroatoms. The predicted molar refractivity (Wildman–Crippen MR) is 77.4 cm³/mol. The lowest BCUT2D eigenvalue weighted by molar-refractivity contribution is -0.118. The number of amides is 1. The summed E-state index contributed by atoms with van der Waals surface area (Å²) in [5.74, 6) is 0.914. The monoisotopic (exact) mass is 271 g/mol. The van der Waals surface area contributed by atoms with Crippen molar-refractivity contribution in [3.05, 3.63) is 53.7 Å². The number of carbonyl (C=O) groups excluding carboxylic acids is 1. The molecule has 0 spiro atoms. The van der Waals surface area contributed by atoms with E-state index in [4.69, 9.17) is 10.5 Å². The highest BCUT2D eigenvalue weighted by molar-refractivity contribution is 5.90. The molecule has 5 nitrogen and oxygen atoms in total. The summed E-state index contributed by atoms with van der Waals surface area (Å²) in [7, 11) is 0. The van der Waals surface area contributed by atoms with Crippen molar-refractivity contribution in [2.24, 2.45) is 5.73 Å². The van der Waals surface area contributed by atoms with E-state index in [1.165, 1.54) is 0 Å². The van der Waals surface area contributed by atoms with Crippen LogP contribution in [0.3, 0.4) is 0 Å². The van der Waals surface area contributed by atoms with Gasteiger partial charge in [-0.15, -0.1) is 0 Å². The van der Waals surface area contributed by atoms with E-state index in [1.54, 1.807) is 24.4 Å². The molecule has 3 N–H and O–H groups in total. The zero-order valence-corrected chi connectivity index (χ0v) is 11.3. The van der Waals surface area contributed by atoms with Crippen LogP contribution in [0, 0.1) is 6.92 Å². The average Bonchev–Trinajstić information content (AvgIpc) is 2.46. The Hall–Kier alpha value is -2.40. The van der Waals surface area contributed by atoms with Gasteiger partial charge in [0.15, 0.2) is 6.61 Å². The number of aromatic nitrogens is 1. The zero-order chi connectivity index (χ0) is 14.4. The number of pyridine rings is 1. The molecule has 2 aromatic rings. The molecule has 20 heavy (non-hydrogen) atoms. The smallest absolute Gasteiger partial charge is 0.263 e. The van der Waals surface area contributed by atoms with Gasteiger partial charge in [-0.05, 0) is 42.3 Å². The van der Waals surface area contributed by atoms with Crippen LogP contribution in [0.1, 0.15) is 11.1 Å². The number of ether oxygens (including phenoxy) is 1. The highest BCUT2D eigenvalue weighted by Gasteiger charge is 2.04. The van der Waals surface area contributed by atoms with Crippen molar-refractivity contribution in [1.29, 1.82) is 0 Å². The molecule has 0 aliphatic heterocycles. The fourth-order valence-corrected chi connectivity index (χ4v) is 1.65. The van der Waals surface area contributed by atoms with E-state index < -0.39 is 0 Å². The van der Waals surface area contributed by atoms with Crippen LogP contribution in [0.2, 0.25) is 0 Å². The number of rotatable bonds is 5. The average molecular weight is 271 g/mol. The first-order chi connectivity index (χ1) is 9.67. The molecule has 0 saturated carbocycles. The number of nitrogens with zero attached hydrogens (tertiary/aromatic N) is 1. The summed E-state index contributed by atoms with van der Waals surface area (Å²) in [6.45, 7) is 2.37. The fourth-order valence-electron chi connectivity index (χ4n) is 1.65. The maximum Gasteiger partial charge on any atom is 0.263 e. The molecule has 0 unspecified atom stereocenters. The molecular weight excluding hydrogens is 254 g/mol. The number of nitrogens with one attached hydrogen (secondary N) is 1. The summed E-state index contributed by atoms with van der Waals surface area (Å²) < 4.78 is 5.39. The van der Waals surface area contributed by atoms with E-state index in [2.05, 4.69) is 10.3 Å². The lowest BCUT2D eigenvalue weighted by Gasteiger charge is -2.07. The first kappa shape index (κ1) is 14.0. The van der Waals surface area contributed by atoms with Crippen molar-refractivity contribution in [3.8, 4) is 5.75 Å². The first-order valence-corrected chi connectivity index (χ1v) is 6.31. The second-order valence-electron chi connectivity index (χ2n) is 4.40. The number of nitrogens with two attached hydrogens (primary N) is 1. The van der Waals surface area contributed by atoms with Crippen molar-refractivity contribution in [3.63, 3.8) is 0 Å². The topological polar surface area (TPSA) is 77.2 Å². The number of hydrogen-bond donors (Lipinski definition) is 2. The number of benzene rings is 1. The van der Waals surface area contributed by atoms with Gasteiger partial charge in [0.05, 0.1) is 0 Å². The van der Waals surface area contributed by atoms with Crippen LogP contribution in [0.4, 0.5) is 5.82 Å². The third-order valence-corrected chi connectivity index (χ3v) is 2.71. The Labute approximate surface area is 117 Å². The molecule has 1 amide bonds.